The molecular formula is C24H18ClN3O2S. The summed E-state index contributed by atoms with van der Waals surface area (Å²) in [5, 5.41) is 7.37. The topological polar surface area (TPSA) is 56.5 Å². The Morgan fingerprint density at radius 2 is 1.90 bits per heavy atom. The van der Waals surface area contributed by atoms with Gasteiger partial charge >= 0.3 is 0 Å². The van der Waals surface area contributed by atoms with Crippen LogP contribution in [0.4, 0.5) is 0 Å². The van der Waals surface area contributed by atoms with E-state index in [2.05, 4.69) is 28.3 Å². The number of rotatable bonds is 4. The van der Waals surface area contributed by atoms with Crippen LogP contribution in [0.15, 0.2) is 65.5 Å². The second-order valence-electron chi connectivity index (χ2n) is 7.33. The van der Waals surface area contributed by atoms with Gasteiger partial charge in [-0.3, -0.25) is 4.79 Å². The standard InChI is InChI=1S/C24H18ClN3O2S/c1-14(16-6-7-18-13-20(30-2)9-8-17(18)12-16)22-26-24-28(27-22)23(29)21(31-24)11-15-4-3-5-19(25)10-15/h3-14H,1-2H3/b21-11-/t14-/m0/s1. The van der Waals surface area contributed by atoms with Crippen LogP contribution in [-0.2, 0) is 0 Å². The van der Waals surface area contributed by atoms with Crippen LogP contribution in [0.25, 0.3) is 21.8 Å². The average molecular weight is 448 g/mol. The zero-order valence-corrected chi connectivity index (χ0v) is 18.4. The van der Waals surface area contributed by atoms with E-state index in [4.69, 9.17) is 16.3 Å². The summed E-state index contributed by atoms with van der Waals surface area (Å²) in [5.41, 5.74) is 1.79. The van der Waals surface area contributed by atoms with Gasteiger partial charge in [-0.25, -0.2) is 4.98 Å². The highest BCUT2D eigenvalue weighted by atomic mass is 35.5. The first-order valence-electron chi connectivity index (χ1n) is 9.76. The van der Waals surface area contributed by atoms with Crippen molar-refractivity contribution in [1.82, 2.24) is 14.6 Å². The number of hydrogen-bond acceptors (Lipinski definition) is 5. The van der Waals surface area contributed by atoms with Crippen molar-refractivity contribution in [2.45, 2.75) is 12.8 Å². The molecule has 1 atom stereocenters. The Bertz CT molecular complexity index is 1540. The fourth-order valence-corrected chi connectivity index (χ4v) is 4.68. The molecule has 0 radical (unpaired) electrons. The highest BCUT2D eigenvalue weighted by Gasteiger charge is 2.17. The van der Waals surface area contributed by atoms with Gasteiger partial charge in [0.25, 0.3) is 5.56 Å². The molecule has 0 N–H and O–H groups in total. The summed E-state index contributed by atoms with van der Waals surface area (Å²) < 4.78 is 7.27. The first kappa shape index (κ1) is 19.7. The molecule has 5 rings (SSSR count). The maximum absolute atomic E-state index is 12.8. The van der Waals surface area contributed by atoms with Gasteiger partial charge in [0.1, 0.15) is 5.75 Å². The molecule has 7 heteroatoms. The van der Waals surface area contributed by atoms with Crippen molar-refractivity contribution in [2.24, 2.45) is 0 Å². The first-order valence-corrected chi connectivity index (χ1v) is 11.0. The smallest absolute Gasteiger partial charge is 0.291 e. The molecule has 154 valence electrons. The second-order valence-corrected chi connectivity index (χ2v) is 8.77. The Labute approximate surface area is 187 Å². The minimum Gasteiger partial charge on any atom is -0.497 e. The van der Waals surface area contributed by atoms with E-state index < -0.39 is 0 Å². The van der Waals surface area contributed by atoms with Crippen LogP contribution in [0, 0.1) is 0 Å². The number of benzene rings is 3. The Kier molecular flexibility index (Phi) is 4.96. The number of methoxy groups -OCH3 is 1. The van der Waals surface area contributed by atoms with E-state index in [0.29, 0.717) is 20.3 Å². The summed E-state index contributed by atoms with van der Waals surface area (Å²) in [6.07, 6.45) is 1.82. The summed E-state index contributed by atoms with van der Waals surface area (Å²) in [6.45, 7) is 2.05. The van der Waals surface area contributed by atoms with Gasteiger partial charge in [-0.2, -0.15) is 4.52 Å². The Morgan fingerprint density at radius 3 is 2.68 bits per heavy atom. The second kappa shape index (κ2) is 7.80. The molecule has 2 heterocycles. The Balaban J connectivity index is 1.51. The van der Waals surface area contributed by atoms with Gasteiger partial charge in [-0.05, 0) is 52.2 Å². The molecule has 0 aliphatic rings. The van der Waals surface area contributed by atoms with Gasteiger partial charge in [0.05, 0.1) is 11.6 Å². The van der Waals surface area contributed by atoms with Crippen LogP contribution in [0.1, 0.15) is 29.8 Å². The molecule has 0 bridgehead atoms. The monoisotopic (exact) mass is 447 g/mol. The molecular weight excluding hydrogens is 430 g/mol. The van der Waals surface area contributed by atoms with E-state index in [0.717, 1.165) is 27.6 Å². The molecule has 2 aromatic heterocycles. The van der Waals surface area contributed by atoms with Crippen LogP contribution in [0.5, 0.6) is 5.75 Å². The summed E-state index contributed by atoms with van der Waals surface area (Å²) in [7, 11) is 1.66. The molecule has 0 saturated heterocycles. The summed E-state index contributed by atoms with van der Waals surface area (Å²) in [6, 6.07) is 19.6. The quantitative estimate of drug-likeness (QED) is 0.402. The predicted octanol–water partition coefficient (Wildman–Crippen LogP) is 4.67. The predicted molar refractivity (Wildman–Crippen MR) is 125 cm³/mol. The third-order valence-corrected chi connectivity index (χ3v) is 6.50. The molecule has 0 saturated carbocycles. The zero-order chi connectivity index (χ0) is 21.5. The zero-order valence-electron chi connectivity index (χ0n) is 16.9. The number of nitrogens with zero attached hydrogens (tertiary/aromatic N) is 3. The first-order chi connectivity index (χ1) is 15.0. The highest BCUT2D eigenvalue weighted by molar-refractivity contribution is 7.15. The van der Waals surface area contributed by atoms with Crippen molar-refractivity contribution >= 4 is 44.7 Å². The lowest BCUT2D eigenvalue weighted by atomic mass is 9.97. The molecule has 5 aromatic rings. The summed E-state index contributed by atoms with van der Waals surface area (Å²) in [4.78, 5) is 18.1. The van der Waals surface area contributed by atoms with E-state index >= 15 is 0 Å². The lowest BCUT2D eigenvalue weighted by Crippen LogP contribution is -2.24. The van der Waals surface area contributed by atoms with Crippen LogP contribution in [0.3, 0.4) is 0 Å². The number of hydrogen-bond donors (Lipinski definition) is 0. The van der Waals surface area contributed by atoms with Crippen molar-refractivity contribution in [3.05, 3.63) is 97.5 Å². The van der Waals surface area contributed by atoms with E-state index in [1.807, 2.05) is 49.4 Å². The van der Waals surface area contributed by atoms with Crippen LogP contribution in [0.2, 0.25) is 5.02 Å². The van der Waals surface area contributed by atoms with Crippen LogP contribution < -0.4 is 14.8 Å². The van der Waals surface area contributed by atoms with Crippen molar-refractivity contribution in [3.63, 3.8) is 0 Å². The van der Waals surface area contributed by atoms with Gasteiger partial charge < -0.3 is 4.74 Å². The molecule has 0 aliphatic heterocycles. The van der Waals surface area contributed by atoms with Crippen molar-refractivity contribution in [3.8, 4) is 5.75 Å². The molecule has 31 heavy (non-hydrogen) atoms. The van der Waals surface area contributed by atoms with Crippen molar-refractivity contribution in [1.29, 1.82) is 0 Å². The lowest BCUT2D eigenvalue weighted by molar-refractivity contribution is 0.415. The number of ether oxygens (including phenoxy) is 1. The maximum Gasteiger partial charge on any atom is 0.291 e. The third kappa shape index (κ3) is 3.69. The van der Waals surface area contributed by atoms with Gasteiger partial charge in [0, 0.05) is 10.9 Å². The number of halogens is 1. The minimum absolute atomic E-state index is 0.0432. The van der Waals surface area contributed by atoms with E-state index in [-0.39, 0.29) is 11.5 Å². The number of fused-ring (bicyclic) bond motifs is 2. The molecule has 0 unspecified atom stereocenters. The van der Waals surface area contributed by atoms with E-state index in [1.165, 1.54) is 15.9 Å². The molecule has 0 fully saturated rings. The van der Waals surface area contributed by atoms with Gasteiger partial charge in [0.2, 0.25) is 4.96 Å². The highest BCUT2D eigenvalue weighted by Crippen LogP contribution is 2.27. The molecule has 0 aliphatic carbocycles. The largest absolute Gasteiger partial charge is 0.497 e. The lowest BCUT2D eigenvalue weighted by Gasteiger charge is -2.10. The van der Waals surface area contributed by atoms with Crippen LogP contribution >= 0.6 is 22.9 Å². The SMILES string of the molecule is COc1ccc2cc([C@H](C)c3nc4s/c(=C\c5cccc(Cl)c5)c(=O)n4n3)ccc2c1. The van der Waals surface area contributed by atoms with Crippen LogP contribution in [-0.4, -0.2) is 21.7 Å². The Morgan fingerprint density at radius 1 is 1.10 bits per heavy atom. The Hall–Kier alpha value is -3.22. The molecule has 0 amide bonds. The summed E-state index contributed by atoms with van der Waals surface area (Å²) >= 11 is 7.37. The summed E-state index contributed by atoms with van der Waals surface area (Å²) in [5.74, 6) is 1.42. The van der Waals surface area contributed by atoms with E-state index in [9.17, 15) is 4.79 Å². The van der Waals surface area contributed by atoms with Crippen molar-refractivity contribution < 1.29 is 4.74 Å². The fourth-order valence-electron chi connectivity index (χ4n) is 3.57. The van der Waals surface area contributed by atoms with Gasteiger partial charge in [-0.1, -0.05) is 66.3 Å². The molecule has 5 nitrogen and oxygen atoms in total. The fraction of sp³-hybridized carbons (Fsp3) is 0.125. The molecule has 0 spiro atoms. The van der Waals surface area contributed by atoms with Crippen molar-refractivity contribution in [2.75, 3.05) is 7.11 Å². The molecule has 3 aromatic carbocycles. The van der Waals surface area contributed by atoms with E-state index in [1.54, 1.807) is 13.2 Å². The normalized spacial score (nSPS) is 13.2. The maximum atomic E-state index is 12.8. The third-order valence-electron chi connectivity index (χ3n) is 5.30. The van der Waals surface area contributed by atoms with Gasteiger partial charge in [0.15, 0.2) is 5.82 Å². The van der Waals surface area contributed by atoms with Gasteiger partial charge in [-0.15, -0.1) is 5.10 Å². The minimum atomic E-state index is -0.170. The number of thiazole rings is 1. The number of aromatic nitrogens is 3. The average Bonchev–Trinajstić information content (AvgIpc) is 3.32.